The van der Waals surface area contributed by atoms with Gasteiger partial charge in [-0.15, -0.1) is 0 Å². The number of hydrogen-bond acceptors (Lipinski definition) is 5. The van der Waals surface area contributed by atoms with E-state index in [-0.39, 0.29) is 37.5 Å². The van der Waals surface area contributed by atoms with Gasteiger partial charge in [-0.05, 0) is 30.7 Å². The van der Waals surface area contributed by atoms with Gasteiger partial charge in [-0.3, -0.25) is 4.79 Å². The smallest absolute Gasteiger partial charge is 0.322 e. The quantitative estimate of drug-likeness (QED) is 0.853. The zero-order valence-corrected chi connectivity index (χ0v) is 15.3. The van der Waals surface area contributed by atoms with Gasteiger partial charge in [0.1, 0.15) is 12.4 Å². The Labute approximate surface area is 157 Å². The molecule has 2 aliphatic heterocycles. The Balaban J connectivity index is 1.67. The molecule has 148 valence electrons. The highest BCUT2D eigenvalue weighted by Crippen LogP contribution is 2.25. The first-order valence-corrected chi connectivity index (χ1v) is 8.87. The predicted octanol–water partition coefficient (Wildman–Crippen LogP) is 1.28. The molecule has 1 atom stereocenters. The van der Waals surface area contributed by atoms with E-state index in [9.17, 15) is 14.0 Å². The number of nitrogens with one attached hydrogen (secondary N) is 1. The number of urea groups is 1. The van der Waals surface area contributed by atoms with Gasteiger partial charge in [-0.25, -0.2) is 9.18 Å². The number of benzene rings is 1. The Morgan fingerprint density at radius 1 is 1.15 bits per heavy atom. The predicted molar refractivity (Wildman–Crippen MR) is 94.7 cm³/mol. The standard InChI is InChI=1S/C18H24FN3O5/c1-25-11-16(23)21-8-10-27-18(12-21)13-22(7-2-9-26-18)17(24)20-15-5-3-14(19)4-6-15/h3-6H,2,7-13H2,1H3,(H,20,24). The van der Waals surface area contributed by atoms with Crippen LogP contribution in [0.15, 0.2) is 24.3 Å². The third kappa shape index (κ3) is 4.94. The van der Waals surface area contributed by atoms with E-state index in [4.69, 9.17) is 14.2 Å². The van der Waals surface area contributed by atoms with Crippen LogP contribution >= 0.6 is 0 Å². The molecule has 1 N–H and O–H groups in total. The lowest BCUT2D eigenvalue weighted by atomic mass is 10.2. The number of anilines is 1. The van der Waals surface area contributed by atoms with Crippen molar-refractivity contribution in [3.8, 4) is 0 Å². The maximum atomic E-state index is 13.0. The molecule has 27 heavy (non-hydrogen) atoms. The van der Waals surface area contributed by atoms with Crippen LogP contribution in [-0.4, -0.2) is 80.6 Å². The van der Waals surface area contributed by atoms with E-state index in [1.54, 1.807) is 9.80 Å². The Bertz CT molecular complexity index is 671. The number of nitrogens with zero attached hydrogens (tertiary/aromatic N) is 2. The summed E-state index contributed by atoms with van der Waals surface area (Å²) in [6.45, 7) is 2.10. The first-order valence-electron chi connectivity index (χ1n) is 8.87. The van der Waals surface area contributed by atoms with Crippen LogP contribution in [0.4, 0.5) is 14.9 Å². The fraction of sp³-hybridized carbons (Fsp3) is 0.556. The van der Waals surface area contributed by atoms with E-state index in [1.165, 1.54) is 31.4 Å². The number of ether oxygens (including phenoxy) is 3. The molecule has 1 spiro atoms. The topological polar surface area (TPSA) is 80.3 Å². The highest BCUT2D eigenvalue weighted by atomic mass is 19.1. The van der Waals surface area contributed by atoms with Crippen LogP contribution in [-0.2, 0) is 19.0 Å². The molecule has 3 rings (SSSR count). The fourth-order valence-corrected chi connectivity index (χ4v) is 3.21. The minimum Gasteiger partial charge on any atom is -0.375 e. The van der Waals surface area contributed by atoms with E-state index in [0.717, 1.165) is 0 Å². The number of amides is 3. The molecular weight excluding hydrogens is 357 g/mol. The molecule has 9 heteroatoms. The Morgan fingerprint density at radius 2 is 1.85 bits per heavy atom. The van der Waals surface area contributed by atoms with Gasteiger partial charge >= 0.3 is 6.03 Å². The second-order valence-corrected chi connectivity index (χ2v) is 6.57. The van der Waals surface area contributed by atoms with E-state index in [2.05, 4.69) is 5.32 Å². The molecule has 1 aromatic rings. The van der Waals surface area contributed by atoms with Gasteiger partial charge in [0.05, 0.1) is 26.3 Å². The highest BCUT2D eigenvalue weighted by molar-refractivity contribution is 5.89. The van der Waals surface area contributed by atoms with Crippen molar-refractivity contribution in [2.45, 2.75) is 12.2 Å². The van der Waals surface area contributed by atoms with Crippen molar-refractivity contribution < 1.29 is 28.2 Å². The summed E-state index contributed by atoms with van der Waals surface area (Å²) in [7, 11) is 1.47. The molecule has 1 aromatic carbocycles. The maximum absolute atomic E-state index is 13.0. The van der Waals surface area contributed by atoms with Gasteiger partial charge in [0.2, 0.25) is 11.7 Å². The van der Waals surface area contributed by atoms with Crippen LogP contribution in [0.25, 0.3) is 0 Å². The molecule has 3 amide bonds. The van der Waals surface area contributed by atoms with Gasteiger partial charge in [0, 0.05) is 25.9 Å². The fourth-order valence-electron chi connectivity index (χ4n) is 3.21. The average Bonchev–Trinajstić information content (AvgIpc) is 2.86. The summed E-state index contributed by atoms with van der Waals surface area (Å²) in [4.78, 5) is 28.1. The molecule has 2 aliphatic rings. The molecule has 2 fully saturated rings. The Morgan fingerprint density at radius 3 is 2.59 bits per heavy atom. The minimum absolute atomic E-state index is 0.00908. The van der Waals surface area contributed by atoms with Crippen molar-refractivity contribution in [1.82, 2.24) is 9.80 Å². The minimum atomic E-state index is -1.06. The van der Waals surface area contributed by atoms with Gasteiger partial charge in [0.25, 0.3) is 0 Å². The van der Waals surface area contributed by atoms with Crippen LogP contribution in [0.1, 0.15) is 6.42 Å². The van der Waals surface area contributed by atoms with Gasteiger partial charge in [-0.1, -0.05) is 0 Å². The van der Waals surface area contributed by atoms with E-state index < -0.39 is 5.79 Å². The van der Waals surface area contributed by atoms with Crippen LogP contribution in [0.5, 0.6) is 0 Å². The first kappa shape index (κ1) is 19.5. The zero-order valence-electron chi connectivity index (χ0n) is 15.3. The van der Waals surface area contributed by atoms with Gasteiger partial charge in [-0.2, -0.15) is 0 Å². The molecule has 2 heterocycles. The Hall–Kier alpha value is -2.23. The lowest BCUT2D eigenvalue weighted by molar-refractivity contribution is -0.262. The largest absolute Gasteiger partial charge is 0.375 e. The average molecular weight is 381 g/mol. The molecule has 0 aliphatic carbocycles. The number of hydrogen-bond donors (Lipinski definition) is 1. The third-order valence-corrected chi connectivity index (χ3v) is 4.53. The molecular formula is C18H24FN3O5. The molecule has 8 nitrogen and oxygen atoms in total. The van der Waals surface area contributed by atoms with Crippen molar-refractivity contribution in [3.63, 3.8) is 0 Å². The summed E-state index contributed by atoms with van der Waals surface area (Å²) in [5.74, 6) is -1.57. The number of morpholine rings is 1. The van der Waals surface area contributed by atoms with Crippen molar-refractivity contribution in [1.29, 1.82) is 0 Å². The summed E-state index contributed by atoms with van der Waals surface area (Å²) >= 11 is 0. The number of halogens is 1. The SMILES string of the molecule is COCC(=O)N1CCOC2(C1)CN(C(=O)Nc1ccc(F)cc1)CCCO2. The lowest BCUT2D eigenvalue weighted by Gasteiger charge is -2.43. The zero-order chi connectivity index (χ0) is 19.3. The molecule has 0 radical (unpaired) electrons. The van der Waals surface area contributed by atoms with Crippen molar-refractivity contribution in [2.24, 2.45) is 0 Å². The van der Waals surface area contributed by atoms with Crippen LogP contribution in [0.3, 0.4) is 0 Å². The Kier molecular flexibility index (Phi) is 6.25. The summed E-state index contributed by atoms with van der Waals surface area (Å²) in [5, 5.41) is 2.75. The second kappa shape index (κ2) is 8.64. The van der Waals surface area contributed by atoms with E-state index in [1.807, 2.05) is 0 Å². The molecule has 1 unspecified atom stereocenters. The number of methoxy groups -OCH3 is 1. The summed E-state index contributed by atoms with van der Waals surface area (Å²) in [5.41, 5.74) is 0.502. The summed E-state index contributed by atoms with van der Waals surface area (Å²) in [6, 6.07) is 5.24. The van der Waals surface area contributed by atoms with Gasteiger partial charge in [0.15, 0.2) is 0 Å². The second-order valence-electron chi connectivity index (χ2n) is 6.57. The van der Waals surface area contributed by atoms with Crippen molar-refractivity contribution >= 4 is 17.6 Å². The summed E-state index contributed by atoms with van der Waals surface area (Å²) in [6.07, 6.45) is 0.647. The van der Waals surface area contributed by atoms with Crippen LogP contribution < -0.4 is 5.32 Å². The lowest BCUT2D eigenvalue weighted by Crippen LogP contribution is -2.60. The van der Waals surface area contributed by atoms with E-state index in [0.29, 0.717) is 38.4 Å². The number of carbonyl (C=O) groups is 2. The summed E-state index contributed by atoms with van der Waals surface area (Å²) < 4.78 is 29.7. The highest BCUT2D eigenvalue weighted by Gasteiger charge is 2.43. The monoisotopic (exact) mass is 381 g/mol. The molecule has 0 aromatic heterocycles. The third-order valence-electron chi connectivity index (χ3n) is 4.53. The molecule has 0 saturated carbocycles. The van der Waals surface area contributed by atoms with Crippen molar-refractivity contribution in [2.75, 3.05) is 58.4 Å². The molecule has 0 bridgehead atoms. The molecule has 2 saturated heterocycles. The first-order chi connectivity index (χ1) is 13.0. The van der Waals surface area contributed by atoms with Crippen LogP contribution in [0, 0.1) is 5.82 Å². The normalized spacial score (nSPS) is 23.2. The number of carbonyl (C=O) groups excluding carboxylic acids is 2. The van der Waals surface area contributed by atoms with E-state index >= 15 is 0 Å². The van der Waals surface area contributed by atoms with Crippen molar-refractivity contribution in [3.05, 3.63) is 30.1 Å². The van der Waals surface area contributed by atoms with Crippen LogP contribution in [0.2, 0.25) is 0 Å². The maximum Gasteiger partial charge on any atom is 0.322 e. The van der Waals surface area contributed by atoms with Gasteiger partial charge < -0.3 is 29.3 Å². The number of rotatable bonds is 3.